The van der Waals surface area contributed by atoms with E-state index in [1.54, 1.807) is 0 Å². The molecule has 1 rings (SSSR count). The minimum absolute atomic E-state index is 0.139. The molecule has 0 amide bonds. The summed E-state index contributed by atoms with van der Waals surface area (Å²) in [7, 11) is 0. The summed E-state index contributed by atoms with van der Waals surface area (Å²) in [4.78, 5) is 10.9. The average Bonchev–Trinajstić information content (AvgIpc) is 2.35. The number of hydrogen-bond donors (Lipinski definition) is 1. The van der Waals surface area contributed by atoms with Crippen molar-refractivity contribution in [2.45, 2.75) is 58.3 Å². The zero-order chi connectivity index (χ0) is 13.4. The van der Waals surface area contributed by atoms with Crippen molar-refractivity contribution in [1.29, 1.82) is 0 Å². The van der Waals surface area contributed by atoms with Gasteiger partial charge in [0.15, 0.2) is 0 Å². The number of rotatable bonds is 8. The van der Waals surface area contributed by atoms with Crippen LogP contribution < -0.4 is 0 Å². The van der Waals surface area contributed by atoms with Crippen LogP contribution in [0.15, 0.2) is 24.3 Å². The normalized spacial score (nSPS) is 12.3. The highest BCUT2D eigenvalue weighted by Crippen LogP contribution is 2.28. The second-order valence-corrected chi connectivity index (χ2v) is 4.87. The summed E-state index contributed by atoms with van der Waals surface area (Å²) in [5, 5.41) is 8.96. The van der Waals surface area contributed by atoms with Crippen molar-refractivity contribution in [3.63, 3.8) is 0 Å². The van der Waals surface area contributed by atoms with E-state index in [1.165, 1.54) is 31.2 Å². The Labute approximate surface area is 110 Å². The van der Waals surface area contributed by atoms with Gasteiger partial charge in [-0.3, -0.25) is 4.79 Å². The van der Waals surface area contributed by atoms with E-state index in [0.29, 0.717) is 5.92 Å². The van der Waals surface area contributed by atoms with E-state index in [2.05, 4.69) is 19.9 Å². The van der Waals surface area contributed by atoms with Crippen molar-refractivity contribution >= 4 is 5.97 Å². The van der Waals surface area contributed by atoms with Crippen LogP contribution in [-0.4, -0.2) is 11.1 Å². The molecular formula is C16H24O2. The number of hydrogen-bond acceptors (Lipinski definition) is 1. The molecule has 1 aromatic carbocycles. The lowest BCUT2D eigenvalue weighted by molar-refractivity contribution is -0.136. The maximum absolute atomic E-state index is 10.9. The molecule has 1 aromatic rings. The minimum atomic E-state index is -0.745. The molecule has 0 spiro atoms. The first-order valence-corrected chi connectivity index (χ1v) is 6.98. The molecule has 0 aliphatic carbocycles. The molecule has 0 aliphatic heterocycles. The van der Waals surface area contributed by atoms with E-state index in [-0.39, 0.29) is 6.42 Å². The van der Waals surface area contributed by atoms with Gasteiger partial charge in [0.1, 0.15) is 0 Å². The molecule has 0 aliphatic rings. The minimum Gasteiger partial charge on any atom is -0.481 e. The molecule has 18 heavy (non-hydrogen) atoms. The molecular weight excluding hydrogens is 224 g/mol. The first-order chi connectivity index (χ1) is 8.69. The lowest BCUT2D eigenvalue weighted by atomic mass is 9.87. The average molecular weight is 248 g/mol. The molecule has 0 radical (unpaired) electrons. The van der Waals surface area contributed by atoms with E-state index in [9.17, 15) is 4.79 Å². The van der Waals surface area contributed by atoms with E-state index in [1.807, 2.05) is 18.2 Å². The molecule has 1 N–H and O–H groups in total. The summed E-state index contributed by atoms with van der Waals surface area (Å²) in [6, 6.07) is 7.99. The molecule has 0 fully saturated rings. The first-order valence-electron chi connectivity index (χ1n) is 6.98. The number of benzene rings is 1. The van der Waals surface area contributed by atoms with Gasteiger partial charge >= 0.3 is 5.97 Å². The van der Waals surface area contributed by atoms with Gasteiger partial charge in [-0.1, -0.05) is 57.4 Å². The van der Waals surface area contributed by atoms with Crippen LogP contribution in [0.3, 0.4) is 0 Å². The third-order valence-corrected chi connectivity index (χ3v) is 3.49. The van der Waals surface area contributed by atoms with Crippen LogP contribution in [0.4, 0.5) is 0 Å². The summed E-state index contributed by atoms with van der Waals surface area (Å²) in [6.45, 7) is 4.40. The third-order valence-electron chi connectivity index (χ3n) is 3.49. The summed E-state index contributed by atoms with van der Waals surface area (Å²) in [5.74, 6) is -0.238. The van der Waals surface area contributed by atoms with Crippen LogP contribution in [0, 0.1) is 0 Å². The Morgan fingerprint density at radius 3 is 2.56 bits per heavy atom. The Bertz CT molecular complexity index is 371. The molecule has 0 bridgehead atoms. The third kappa shape index (κ3) is 4.52. The Kier molecular flexibility index (Phi) is 6.48. The fourth-order valence-electron chi connectivity index (χ4n) is 2.48. The highest BCUT2D eigenvalue weighted by Gasteiger charge is 2.14. The zero-order valence-electron chi connectivity index (χ0n) is 11.5. The van der Waals surface area contributed by atoms with Gasteiger partial charge in [0, 0.05) is 0 Å². The van der Waals surface area contributed by atoms with Gasteiger partial charge < -0.3 is 5.11 Å². The Morgan fingerprint density at radius 1 is 1.22 bits per heavy atom. The molecule has 100 valence electrons. The second kappa shape index (κ2) is 7.91. The molecule has 2 nitrogen and oxygen atoms in total. The van der Waals surface area contributed by atoms with Crippen LogP contribution in [0.5, 0.6) is 0 Å². The Balaban J connectivity index is 2.80. The van der Waals surface area contributed by atoms with Crippen molar-refractivity contribution in [2.75, 3.05) is 0 Å². The van der Waals surface area contributed by atoms with Gasteiger partial charge in [-0.15, -0.1) is 0 Å². The zero-order valence-corrected chi connectivity index (χ0v) is 11.5. The molecule has 1 atom stereocenters. The van der Waals surface area contributed by atoms with Crippen LogP contribution in [0.25, 0.3) is 0 Å². The molecule has 2 heteroatoms. The number of carboxylic acids is 1. The first kappa shape index (κ1) is 14.7. The number of unbranched alkanes of at least 4 members (excludes halogenated alkanes) is 2. The molecule has 0 heterocycles. The van der Waals surface area contributed by atoms with Gasteiger partial charge in [0.05, 0.1) is 6.42 Å². The van der Waals surface area contributed by atoms with Gasteiger partial charge in [0.2, 0.25) is 0 Å². The quantitative estimate of drug-likeness (QED) is 0.693. The van der Waals surface area contributed by atoms with Crippen molar-refractivity contribution in [2.24, 2.45) is 0 Å². The van der Waals surface area contributed by atoms with Crippen LogP contribution >= 0.6 is 0 Å². The second-order valence-electron chi connectivity index (χ2n) is 4.87. The highest BCUT2D eigenvalue weighted by atomic mass is 16.4. The van der Waals surface area contributed by atoms with E-state index in [4.69, 9.17) is 5.11 Å². The predicted octanol–water partition coefficient (Wildman–Crippen LogP) is 4.39. The molecule has 0 saturated heterocycles. The summed E-state index contributed by atoms with van der Waals surface area (Å²) in [6.07, 6.45) is 6.11. The van der Waals surface area contributed by atoms with Crippen molar-refractivity contribution < 1.29 is 9.90 Å². The number of carbonyl (C=O) groups is 1. The van der Waals surface area contributed by atoms with Crippen molar-refractivity contribution in [3.05, 3.63) is 35.4 Å². The fourth-order valence-corrected chi connectivity index (χ4v) is 2.48. The Hall–Kier alpha value is -1.31. The van der Waals surface area contributed by atoms with Gasteiger partial charge in [-0.25, -0.2) is 0 Å². The smallest absolute Gasteiger partial charge is 0.307 e. The van der Waals surface area contributed by atoms with Crippen LogP contribution in [0.1, 0.15) is 63.0 Å². The topological polar surface area (TPSA) is 37.3 Å². The fraction of sp³-hybridized carbons (Fsp3) is 0.562. The van der Waals surface area contributed by atoms with Crippen molar-refractivity contribution in [3.8, 4) is 0 Å². The maximum Gasteiger partial charge on any atom is 0.307 e. The van der Waals surface area contributed by atoms with Gasteiger partial charge in [-0.2, -0.15) is 0 Å². The largest absolute Gasteiger partial charge is 0.481 e. The van der Waals surface area contributed by atoms with Crippen molar-refractivity contribution in [1.82, 2.24) is 0 Å². The molecule has 0 aromatic heterocycles. The monoisotopic (exact) mass is 248 g/mol. The van der Waals surface area contributed by atoms with Gasteiger partial charge in [0.25, 0.3) is 0 Å². The number of carboxylic acid groups (broad SMARTS) is 1. The van der Waals surface area contributed by atoms with E-state index >= 15 is 0 Å². The number of aliphatic carboxylic acids is 1. The highest BCUT2D eigenvalue weighted by molar-refractivity contribution is 5.70. The lowest BCUT2D eigenvalue weighted by Crippen LogP contribution is -2.07. The standard InChI is InChI=1S/C16H24O2/c1-3-5-6-9-13(4-2)15-11-8-7-10-14(15)12-16(17)18/h7-8,10-11,13H,3-6,9,12H2,1-2H3,(H,17,18). The summed E-state index contributed by atoms with van der Waals surface area (Å²) >= 11 is 0. The van der Waals surface area contributed by atoms with E-state index < -0.39 is 5.97 Å². The molecule has 0 saturated carbocycles. The van der Waals surface area contributed by atoms with E-state index in [0.717, 1.165) is 12.0 Å². The maximum atomic E-state index is 10.9. The summed E-state index contributed by atoms with van der Waals surface area (Å²) < 4.78 is 0. The van der Waals surface area contributed by atoms with Crippen LogP contribution in [-0.2, 0) is 11.2 Å². The van der Waals surface area contributed by atoms with Gasteiger partial charge in [-0.05, 0) is 29.9 Å². The SMILES string of the molecule is CCCCCC(CC)c1ccccc1CC(=O)O. The molecule has 1 unspecified atom stereocenters. The predicted molar refractivity (Wildman–Crippen MR) is 75.0 cm³/mol. The lowest BCUT2D eigenvalue weighted by Gasteiger charge is -2.18. The summed E-state index contributed by atoms with van der Waals surface area (Å²) in [5.41, 5.74) is 2.21. The Morgan fingerprint density at radius 2 is 1.94 bits per heavy atom. The van der Waals surface area contributed by atoms with Crippen LogP contribution in [0.2, 0.25) is 0 Å².